The molecule has 0 saturated carbocycles. The van der Waals surface area contributed by atoms with Gasteiger partial charge in [-0.3, -0.25) is 0 Å². The van der Waals surface area contributed by atoms with Gasteiger partial charge in [0.1, 0.15) is 11.6 Å². The zero-order valence-electron chi connectivity index (χ0n) is 10.8. The molecule has 1 aromatic heterocycles. The minimum atomic E-state index is 0.838. The molecule has 0 atom stereocenters. The van der Waals surface area contributed by atoms with Gasteiger partial charge in [-0.1, -0.05) is 0 Å². The number of hydrogen-bond donors (Lipinski definition) is 2. The molecular formula is C14H17N3O. The largest absolute Gasteiger partial charge is 0.496 e. The maximum absolute atomic E-state index is 5.24. The summed E-state index contributed by atoms with van der Waals surface area (Å²) < 4.78 is 5.24. The molecule has 0 bridgehead atoms. The zero-order chi connectivity index (χ0) is 13.0. The van der Waals surface area contributed by atoms with Crippen molar-refractivity contribution >= 4 is 17.2 Å². The van der Waals surface area contributed by atoms with Crippen molar-refractivity contribution < 1.29 is 4.74 Å². The highest BCUT2D eigenvalue weighted by Crippen LogP contribution is 2.24. The number of ether oxygens (including phenoxy) is 1. The van der Waals surface area contributed by atoms with E-state index in [2.05, 4.69) is 21.7 Å². The molecule has 0 saturated heterocycles. The summed E-state index contributed by atoms with van der Waals surface area (Å²) in [6, 6.07) is 9.89. The van der Waals surface area contributed by atoms with Crippen molar-refractivity contribution in [3.8, 4) is 5.75 Å². The van der Waals surface area contributed by atoms with Crippen molar-refractivity contribution in [3.63, 3.8) is 0 Å². The van der Waals surface area contributed by atoms with E-state index in [0.29, 0.717) is 0 Å². The summed E-state index contributed by atoms with van der Waals surface area (Å²) in [6.07, 6.45) is 1.77. The predicted molar refractivity (Wildman–Crippen MR) is 74.8 cm³/mol. The number of aryl methyl sites for hydroxylation is 1. The fourth-order valence-electron chi connectivity index (χ4n) is 1.77. The maximum Gasteiger partial charge on any atom is 0.127 e. The van der Waals surface area contributed by atoms with Crippen LogP contribution in [0.15, 0.2) is 36.5 Å². The van der Waals surface area contributed by atoms with Crippen molar-refractivity contribution in [3.05, 3.63) is 42.1 Å². The van der Waals surface area contributed by atoms with E-state index in [4.69, 9.17) is 4.74 Å². The van der Waals surface area contributed by atoms with E-state index in [-0.39, 0.29) is 0 Å². The molecule has 0 aliphatic carbocycles. The van der Waals surface area contributed by atoms with Crippen LogP contribution < -0.4 is 15.4 Å². The SMILES string of the molecule is CNc1cc(Nc2ccc(OC)c(C)c2)ccn1. The van der Waals surface area contributed by atoms with E-state index < -0.39 is 0 Å². The number of nitrogens with one attached hydrogen (secondary N) is 2. The fourth-order valence-corrected chi connectivity index (χ4v) is 1.77. The second kappa shape index (κ2) is 5.40. The second-order valence-corrected chi connectivity index (χ2v) is 3.99. The lowest BCUT2D eigenvalue weighted by molar-refractivity contribution is 0.412. The summed E-state index contributed by atoms with van der Waals surface area (Å²) in [5.41, 5.74) is 3.13. The Hall–Kier alpha value is -2.23. The Bertz CT molecular complexity index is 540. The summed E-state index contributed by atoms with van der Waals surface area (Å²) >= 11 is 0. The molecule has 0 fully saturated rings. The van der Waals surface area contributed by atoms with E-state index in [9.17, 15) is 0 Å². The molecule has 1 heterocycles. The molecule has 2 N–H and O–H groups in total. The first-order valence-electron chi connectivity index (χ1n) is 5.78. The molecule has 4 nitrogen and oxygen atoms in total. The number of pyridine rings is 1. The lowest BCUT2D eigenvalue weighted by Gasteiger charge is -2.10. The van der Waals surface area contributed by atoms with Crippen molar-refractivity contribution in [1.82, 2.24) is 4.98 Å². The fraction of sp³-hybridized carbons (Fsp3) is 0.214. The van der Waals surface area contributed by atoms with Gasteiger partial charge in [-0.15, -0.1) is 0 Å². The standard InChI is InChI=1S/C14H17N3O/c1-10-8-11(4-5-13(10)18-3)17-12-6-7-16-14(9-12)15-2/h4-9H,1-3H3,(H2,15,16,17). The first-order chi connectivity index (χ1) is 8.72. The minimum Gasteiger partial charge on any atom is -0.496 e. The Morgan fingerprint density at radius 3 is 2.56 bits per heavy atom. The normalized spacial score (nSPS) is 9.94. The number of nitrogens with zero attached hydrogens (tertiary/aromatic N) is 1. The van der Waals surface area contributed by atoms with Crippen LogP contribution in [0.2, 0.25) is 0 Å². The Kier molecular flexibility index (Phi) is 3.67. The number of rotatable bonds is 4. The number of methoxy groups -OCH3 is 1. The van der Waals surface area contributed by atoms with Crippen molar-refractivity contribution in [2.45, 2.75) is 6.92 Å². The molecule has 0 unspecified atom stereocenters. The van der Waals surface area contributed by atoms with Crippen LogP contribution >= 0.6 is 0 Å². The summed E-state index contributed by atoms with van der Waals surface area (Å²) in [4.78, 5) is 4.17. The number of aromatic nitrogens is 1. The number of anilines is 3. The van der Waals surface area contributed by atoms with Gasteiger partial charge < -0.3 is 15.4 Å². The quantitative estimate of drug-likeness (QED) is 0.865. The van der Waals surface area contributed by atoms with Gasteiger partial charge in [-0.2, -0.15) is 0 Å². The summed E-state index contributed by atoms with van der Waals surface area (Å²) in [7, 11) is 3.53. The highest BCUT2D eigenvalue weighted by Gasteiger charge is 2.01. The number of benzene rings is 1. The third-order valence-corrected chi connectivity index (χ3v) is 2.70. The van der Waals surface area contributed by atoms with Gasteiger partial charge >= 0.3 is 0 Å². The summed E-state index contributed by atoms with van der Waals surface area (Å²) in [5, 5.41) is 6.35. The summed E-state index contributed by atoms with van der Waals surface area (Å²) in [6.45, 7) is 2.02. The van der Waals surface area contributed by atoms with Gasteiger partial charge in [-0.05, 0) is 36.8 Å². The average molecular weight is 243 g/mol. The van der Waals surface area contributed by atoms with Crippen LogP contribution in [0.25, 0.3) is 0 Å². The predicted octanol–water partition coefficient (Wildman–Crippen LogP) is 3.18. The van der Waals surface area contributed by atoms with Gasteiger partial charge in [0.2, 0.25) is 0 Å². The lowest BCUT2D eigenvalue weighted by Crippen LogP contribution is -1.96. The van der Waals surface area contributed by atoms with Gasteiger partial charge in [0.15, 0.2) is 0 Å². The van der Waals surface area contributed by atoms with Crippen LogP contribution in [0.3, 0.4) is 0 Å². The van der Waals surface area contributed by atoms with Crippen LogP contribution in [0.1, 0.15) is 5.56 Å². The van der Waals surface area contributed by atoms with Crippen LogP contribution in [0, 0.1) is 6.92 Å². The van der Waals surface area contributed by atoms with Crippen molar-refractivity contribution in [1.29, 1.82) is 0 Å². The molecule has 2 aromatic rings. The summed E-state index contributed by atoms with van der Waals surface area (Å²) in [5.74, 6) is 1.73. The third kappa shape index (κ3) is 2.71. The molecule has 0 radical (unpaired) electrons. The van der Waals surface area contributed by atoms with Gasteiger partial charge in [0.25, 0.3) is 0 Å². The topological polar surface area (TPSA) is 46.2 Å². The molecule has 0 aliphatic heterocycles. The molecule has 0 amide bonds. The van der Waals surface area contributed by atoms with Crippen LogP contribution in [0.4, 0.5) is 17.2 Å². The highest BCUT2D eigenvalue weighted by molar-refractivity contribution is 5.64. The Balaban J connectivity index is 2.20. The molecule has 0 aliphatic rings. The Labute approximate surface area is 107 Å². The first kappa shape index (κ1) is 12.2. The first-order valence-corrected chi connectivity index (χ1v) is 5.78. The van der Waals surface area contributed by atoms with E-state index in [1.807, 2.05) is 38.2 Å². The Morgan fingerprint density at radius 2 is 1.89 bits per heavy atom. The van der Waals surface area contributed by atoms with E-state index in [0.717, 1.165) is 28.5 Å². The van der Waals surface area contributed by atoms with Gasteiger partial charge in [0.05, 0.1) is 7.11 Å². The molecule has 2 rings (SSSR count). The van der Waals surface area contributed by atoms with Crippen LogP contribution in [-0.4, -0.2) is 19.1 Å². The third-order valence-electron chi connectivity index (χ3n) is 2.70. The van der Waals surface area contributed by atoms with Crippen LogP contribution in [0.5, 0.6) is 5.75 Å². The van der Waals surface area contributed by atoms with Crippen molar-refractivity contribution in [2.24, 2.45) is 0 Å². The lowest BCUT2D eigenvalue weighted by atomic mass is 10.2. The van der Waals surface area contributed by atoms with Crippen molar-refractivity contribution in [2.75, 3.05) is 24.8 Å². The average Bonchev–Trinajstić information content (AvgIpc) is 2.39. The molecule has 1 aromatic carbocycles. The van der Waals surface area contributed by atoms with E-state index in [1.165, 1.54) is 0 Å². The zero-order valence-corrected chi connectivity index (χ0v) is 10.8. The highest BCUT2D eigenvalue weighted by atomic mass is 16.5. The molecular weight excluding hydrogens is 226 g/mol. The Morgan fingerprint density at radius 1 is 1.11 bits per heavy atom. The minimum absolute atomic E-state index is 0.838. The van der Waals surface area contributed by atoms with E-state index in [1.54, 1.807) is 13.3 Å². The monoisotopic (exact) mass is 243 g/mol. The van der Waals surface area contributed by atoms with Gasteiger partial charge in [-0.25, -0.2) is 4.98 Å². The number of hydrogen-bond acceptors (Lipinski definition) is 4. The van der Waals surface area contributed by atoms with E-state index >= 15 is 0 Å². The maximum atomic E-state index is 5.24. The molecule has 18 heavy (non-hydrogen) atoms. The molecule has 0 spiro atoms. The molecule has 94 valence electrons. The molecule has 4 heteroatoms. The smallest absolute Gasteiger partial charge is 0.127 e. The van der Waals surface area contributed by atoms with Crippen LogP contribution in [-0.2, 0) is 0 Å². The van der Waals surface area contributed by atoms with Gasteiger partial charge in [0, 0.05) is 30.7 Å². The second-order valence-electron chi connectivity index (χ2n) is 3.99.